The van der Waals surface area contributed by atoms with Gasteiger partial charge < -0.3 is 10.2 Å². The van der Waals surface area contributed by atoms with Crippen LogP contribution in [0.1, 0.15) is 51.5 Å². The zero-order chi connectivity index (χ0) is 26.1. The van der Waals surface area contributed by atoms with Crippen molar-refractivity contribution in [2.24, 2.45) is 28.6 Å². The smallest absolute Gasteiger partial charge is 0.393 e. The van der Waals surface area contributed by atoms with Gasteiger partial charge in [-0.3, -0.25) is 9.59 Å². The lowest BCUT2D eigenvalue weighted by Crippen LogP contribution is -2.61. The molecule has 4 aliphatic rings. The van der Waals surface area contributed by atoms with E-state index < -0.39 is 40.1 Å². The Morgan fingerprint density at radius 1 is 1.22 bits per heavy atom. The highest BCUT2D eigenvalue weighted by molar-refractivity contribution is 8.00. The normalized spacial score (nSPS) is 39.8. The predicted molar refractivity (Wildman–Crippen MR) is 130 cm³/mol. The number of hydrogen-bond acceptors (Lipinski definition) is 5. The van der Waals surface area contributed by atoms with Crippen molar-refractivity contribution >= 4 is 23.3 Å². The van der Waals surface area contributed by atoms with Crippen LogP contribution >= 0.6 is 11.8 Å². The second-order valence-electron chi connectivity index (χ2n) is 11.3. The van der Waals surface area contributed by atoms with Gasteiger partial charge in [0.15, 0.2) is 11.6 Å². The number of carbonyl (C=O) groups is 2. The molecule has 36 heavy (non-hydrogen) atoms. The number of ketones is 2. The molecule has 2 N–H and O–H groups in total. The Hall–Kier alpha value is -1.90. The number of allylic oxidation sites excluding steroid dienone is 4. The second kappa shape index (κ2) is 8.57. The summed E-state index contributed by atoms with van der Waals surface area (Å²) in [6, 6.07) is 4.85. The van der Waals surface area contributed by atoms with Crippen molar-refractivity contribution in [3.63, 3.8) is 0 Å². The van der Waals surface area contributed by atoms with Gasteiger partial charge >= 0.3 is 6.18 Å². The fourth-order valence-corrected chi connectivity index (χ4v) is 8.74. The molecule has 0 aliphatic heterocycles. The van der Waals surface area contributed by atoms with E-state index >= 15 is 0 Å². The lowest BCUT2D eigenvalue weighted by Gasteiger charge is -2.59. The van der Waals surface area contributed by atoms with Crippen molar-refractivity contribution < 1.29 is 33.0 Å². The van der Waals surface area contributed by atoms with Gasteiger partial charge in [0.05, 0.1) is 17.4 Å². The predicted octanol–water partition coefficient (Wildman–Crippen LogP) is 5.38. The number of carbonyl (C=O) groups excluding carboxylic acids is 2. The van der Waals surface area contributed by atoms with Crippen LogP contribution in [-0.2, 0) is 15.8 Å². The molecule has 194 valence electrons. The van der Waals surface area contributed by atoms with Gasteiger partial charge in [-0.25, -0.2) is 0 Å². The SMILES string of the molecule is CC12C=CC(=O)C=C1CCC1C2C(O)CC2(C)C1CC[C@]2(O)C(=O)CSc1cccc(C(F)(F)F)c1. The molecule has 0 heterocycles. The summed E-state index contributed by atoms with van der Waals surface area (Å²) in [5.41, 5.74) is -2.63. The van der Waals surface area contributed by atoms with Crippen LogP contribution in [0.5, 0.6) is 0 Å². The van der Waals surface area contributed by atoms with Gasteiger partial charge in [0.1, 0.15) is 5.60 Å². The number of Topliss-reactive ketones (excluding diaryl/α,β-unsaturated/α-hetero) is 1. The first-order valence-corrected chi connectivity index (χ1v) is 13.5. The monoisotopic (exact) mass is 520 g/mol. The summed E-state index contributed by atoms with van der Waals surface area (Å²) in [6.07, 6.45) is 2.69. The van der Waals surface area contributed by atoms with Crippen LogP contribution in [0.15, 0.2) is 53.0 Å². The minimum absolute atomic E-state index is 0.0304. The number of thioether (sulfide) groups is 1. The van der Waals surface area contributed by atoms with Crippen LogP contribution in [0, 0.1) is 28.6 Å². The van der Waals surface area contributed by atoms with E-state index in [2.05, 4.69) is 6.92 Å². The van der Waals surface area contributed by atoms with Crippen LogP contribution in [0.3, 0.4) is 0 Å². The summed E-state index contributed by atoms with van der Waals surface area (Å²) >= 11 is 1.000. The average Bonchev–Trinajstić information content (AvgIpc) is 3.08. The molecule has 4 nitrogen and oxygen atoms in total. The molecule has 7 atom stereocenters. The fraction of sp³-hybridized carbons (Fsp3) is 0.571. The van der Waals surface area contributed by atoms with E-state index in [0.29, 0.717) is 11.3 Å². The topological polar surface area (TPSA) is 74.6 Å². The summed E-state index contributed by atoms with van der Waals surface area (Å²) < 4.78 is 39.2. The molecule has 0 saturated heterocycles. The Morgan fingerprint density at radius 3 is 2.69 bits per heavy atom. The molecule has 8 heteroatoms. The summed E-state index contributed by atoms with van der Waals surface area (Å²) in [7, 11) is 0. The maximum absolute atomic E-state index is 13.4. The van der Waals surface area contributed by atoms with E-state index in [1.165, 1.54) is 12.1 Å². The van der Waals surface area contributed by atoms with Gasteiger partial charge in [-0.05, 0) is 74.3 Å². The van der Waals surface area contributed by atoms with Gasteiger partial charge in [0, 0.05) is 21.6 Å². The molecule has 0 amide bonds. The molecular weight excluding hydrogens is 489 g/mol. The number of benzene rings is 1. The Kier molecular flexibility index (Phi) is 6.12. The highest BCUT2D eigenvalue weighted by Crippen LogP contribution is 2.67. The van der Waals surface area contributed by atoms with Gasteiger partial charge in [0.25, 0.3) is 0 Å². The minimum Gasteiger partial charge on any atom is -0.393 e. The molecule has 4 aliphatic carbocycles. The first kappa shape index (κ1) is 25.7. The lowest BCUT2D eigenvalue weighted by molar-refractivity contribution is -0.174. The fourth-order valence-electron chi connectivity index (χ4n) is 7.82. The number of rotatable bonds is 4. The van der Waals surface area contributed by atoms with E-state index in [0.717, 1.165) is 42.3 Å². The van der Waals surface area contributed by atoms with E-state index in [-0.39, 0.29) is 42.1 Å². The van der Waals surface area contributed by atoms with E-state index in [1.807, 2.05) is 13.0 Å². The van der Waals surface area contributed by atoms with Crippen molar-refractivity contribution in [3.8, 4) is 0 Å². The van der Waals surface area contributed by atoms with Crippen molar-refractivity contribution in [2.75, 3.05) is 5.75 Å². The van der Waals surface area contributed by atoms with Crippen LogP contribution in [0.2, 0.25) is 0 Å². The zero-order valence-corrected chi connectivity index (χ0v) is 21.2. The van der Waals surface area contributed by atoms with Crippen molar-refractivity contribution in [1.29, 1.82) is 0 Å². The Labute approximate surface area is 213 Å². The molecular formula is C28H31F3O4S. The van der Waals surface area contributed by atoms with E-state index in [4.69, 9.17) is 0 Å². The molecule has 3 fully saturated rings. The highest BCUT2D eigenvalue weighted by Gasteiger charge is 2.67. The van der Waals surface area contributed by atoms with Crippen molar-refractivity contribution in [1.82, 2.24) is 0 Å². The van der Waals surface area contributed by atoms with Gasteiger partial charge in [-0.2, -0.15) is 13.2 Å². The molecule has 0 aromatic heterocycles. The number of aliphatic hydroxyl groups excluding tert-OH is 1. The molecule has 3 saturated carbocycles. The number of hydrogen-bond donors (Lipinski definition) is 2. The summed E-state index contributed by atoms with van der Waals surface area (Å²) in [5.74, 6) is -0.544. The third-order valence-corrected chi connectivity index (χ3v) is 10.6. The van der Waals surface area contributed by atoms with E-state index in [1.54, 1.807) is 12.2 Å². The summed E-state index contributed by atoms with van der Waals surface area (Å²) in [5, 5.41) is 23.2. The third-order valence-electron chi connectivity index (χ3n) is 9.64. The van der Waals surface area contributed by atoms with E-state index in [9.17, 15) is 33.0 Å². The Morgan fingerprint density at radius 2 is 1.97 bits per heavy atom. The molecule has 1 aromatic carbocycles. The summed E-state index contributed by atoms with van der Waals surface area (Å²) in [4.78, 5) is 25.7. The zero-order valence-electron chi connectivity index (χ0n) is 20.3. The molecule has 1 aromatic rings. The number of aliphatic hydroxyl groups is 2. The molecule has 0 spiro atoms. The van der Waals surface area contributed by atoms with Crippen molar-refractivity contribution in [3.05, 3.63) is 53.6 Å². The molecule has 6 unspecified atom stereocenters. The third kappa shape index (κ3) is 3.82. The standard InChI is InChI=1S/C28H31F3O4S/c1-25-10-8-18(32)12-16(25)6-7-20-21-9-11-27(35,26(21,2)14-22(33)24(20)25)23(34)15-36-19-5-3-4-17(13-19)28(29,30)31/h3-5,8,10,12-13,20-22,24,33,35H,6-7,9,11,14-15H2,1-2H3/t20?,21?,22?,24?,25?,26?,27-/m0/s1. The first-order chi connectivity index (χ1) is 16.8. The molecule has 0 radical (unpaired) electrons. The highest BCUT2D eigenvalue weighted by atomic mass is 32.2. The van der Waals surface area contributed by atoms with Crippen LogP contribution in [0.25, 0.3) is 0 Å². The minimum atomic E-state index is -4.47. The number of halogens is 3. The number of alkyl halides is 3. The van der Waals surface area contributed by atoms with Gasteiger partial charge in [-0.1, -0.05) is 31.6 Å². The lowest BCUT2D eigenvalue weighted by atomic mass is 9.46. The molecule has 5 rings (SSSR count). The maximum Gasteiger partial charge on any atom is 0.416 e. The number of fused-ring (bicyclic) bond motifs is 5. The maximum atomic E-state index is 13.4. The first-order valence-electron chi connectivity index (χ1n) is 12.5. The van der Waals surface area contributed by atoms with Gasteiger partial charge in [-0.15, -0.1) is 11.8 Å². The largest absolute Gasteiger partial charge is 0.416 e. The molecule has 0 bridgehead atoms. The van der Waals surface area contributed by atoms with Gasteiger partial charge in [0.2, 0.25) is 0 Å². The Bertz CT molecular complexity index is 1160. The van der Waals surface area contributed by atoms with Crippen LogP contribution < -0.4 is 0 Å². The van der Waals surface area contributed by atoms with Crippen molar-refractivity contribution in [2.45, 2.75) is 68.7 Å². The second-order valence-corrected chi connectivity index (χ2v) is 12.4. The average molecular weight is 521 g/mol. The Balaban J connectivity index is 1.37. The van der Waals surface area contributed by atoms with Crippen LogP contribution in [0.4, 0.5) is 13.2 Å². The quantitative estimate of drug-likeness (QED) is 0.522. The van der Waals surface area contributed by atoms with Crippen LogP contribution in [-0.4, -0.2) is 39.2 Å². The summed E-state index contributed by atoms with van der Waals surface area (Å²) in [6.45, 7) is 3.97.